The summed E-state index contributed by atoms with van der Waals surface area (Å²) in [4.78, 5) is 14.6. The van der Waals surface area contributed by atoms with E-state index in [1.54, 1.807) is 17.0 Å². The summed E-state index contributed by atoms with van der Waals surface area (Å²) in [6, 6.07) is 14.8. The van der Waals surface area contributed by atoms with Crippen LogP contribution in [0.1, 0.15) is 18.4 Å². The topological polar surface area (TPSA) is 66.5 Å². The predicted molar refractivity (Wildman–Crippen MR) is 102 cm³/mol. The van der Waals surface area contributed by atoms with Crippen LogP contribution in [0.2, 0.25) is 5.02 Å². The summed E-state index contributed by atoms with van der Waals surface area (Å²) < 4.78 is 28.2. The van der Waals surface area contributed by atoms with Gasteiger partial charge in [0.1, 0.15) is 10.9 Å². The van der Waals surface area contributed by atoms with Crippen LogP contribution in [0.25, 0.3) is 0 Å². The molecule has 1 fully saturated rings. The number of benzene rings is 2. The molecule has 0 unspecified atom stereocenters. The molecule has 1 saturated heterocycles. The van der Waals surface area contributed by atoms with Gasteiger partial charge in [-0.15, -0.1) is 0 Å². The first kappa shape index (κ1) is 18.9. The Morgan fingerprint density at radius 1 is 1.04 bits per heavy atom. The van der Waals surface area contributed by atoms with E-state index in [1.165, 1.54) is 12.1 Å². The van der Waals surface area contributed by atoms with Crippen molar-refractivity contribution in [3.05, 3.63) is 65.2 Å². The Balaban J connectivity index is 1.87. The predicted octanol–water partition coefficient (Wildman–Crippen LogP) is 2.85. The van der Waals surface area contributed by atoms with Crippen molar-refractivity contribution < 1.29 is 13.2 Å². The third-order valence-corrected chi connectivity index (χ3v) is 6.39. The van der Waals surface area contributed by atoms with Gasteiger partial charge < -0.3 is 4.90 Å². The van der Waals surface area contributed by atoms with Gasteiger partial charge in [0.05, 0.1) is 5.02 Å². The maximum absolute atomic E-state index is 12.9. The number of halogens is 1. The molecule has 26 heavy (non-hydrogen) atoms. The van der Waals surface area contributed by atoms with Crippen LogP contribution < -0.4 is 4.72 Å². The van der Waals surface area contributed by atoms with Gasteiger partial charge in [-0.1, -0.05) is 54.1 Å². The van der Waals surface area contributed by atoms with Gasteiger partial charge in [-0.2, -0.15) is 4.72 Å². The van der Waals surface area contributed by atoms with Crippen molar-refractivity contribution in [1.82, 2.24) is 9.62 Å². The van der Waals surface area contributed by atoms with Gasteiger partial charge in [0.25, 0.3) is 0 Å². The van der Waals surface area contributed by atoms with Crippen LogP contribution in [0, 0.1) is 0 Å². The molecule has 1 atom stereocenters. The van der Waals surface area contributed by atoms with Crippen molar-refractivity contribution in [2.75, 3.05) is 13.1 Å². The number of nitrogens with zero attached hydrogens (tertiary/aromatic N) is 1. The molecule has 5 nitrogen and oxygen atoms in total. The number of carbonyl (C=O) groups is 1. The summed E-state index contributed by atoms with van der Waals surface area (Å²) in [6.45, 7) is 1.33. The molecule has 3 rings (SSSR count). The third-order valence-electron chi connectivity index (χ3n) is 4.42. The van der Waals surface area contributed by atoms with E-state index in [0.717, 1.165) is 18.4 Å². The minimum atomic E-state index is -3.91. The lowest BCUT2D eigenvalue weighted by Gasteiger charge is -2.24. The van der Waals surface area contributed by atoms with E-state index >= 15 is 0 Å². The van der Waals surface area contributed by atoms with Crippen molar-refractivity contribution in [2.24, 2.45) is 0 Å². The van der Waals surface area contributed by atoms with Gasteiger partial charge in [0.2, 0.25) is 15.9 Å². The summed E-state index contributed by atoms with van der Waals surface area (Å²) in [7, 11) is -3.91. The van der Waals surface area contributed by atoms with Gasteiger partial charge in [-0.25, -0.2) is 8.42 Å². The monoisotopic (exact) mass is 392 g/mol. The van der Waals surface area contributed by atoms with Gasteiger partial charge in [0.15, 0.2) is 0 Å². The molecule has 2 aromatic rings. The fourth-order valence-electron chi connectivity index (χ4n) is 3.10. The number of hydrogen-bond acceptors (Lipinski definition) is 3. The smallest absolute Gasteiger partial charge is 0.242 e. The summed E-state index contributed by atoms with van der Waals surface area (Å²) in [6.07, 6.45) is 2.18. The number of nitrogens with one attached hydrogen (secondary N) is 1. The van der Waals surface area contributed by atoms with Gasteiger partial charge in [0, 0.05) is 13.1 Å². The van der Waals surface area contributed by atoms with Crippen LogP contribution in [-0.2, 0) is 21.2 Å². The SMILES string of the molecule is O=C([C@@H](Cc1ccccc1)NS(=O)(=O)c1ccccc1Cl)N1CCCC1. The van der Waals surface area contributed by atoms with Crippen LogP contribution in [0.15, 0.2) is 59.5 Å². The van der Waals surface area contributed by atoms with Gasteiger partial charge in [-0.3, -0.25) is 4.79 Å². The highest BCUT2D eigenvalue weighted by molar-refractivity contribution is 7.89. The molecule has 1 aliphatic heterocycles. The number of amides is 1. The number of sulfonamides is 1. The molecule has 0 bridgehead atoms. The molecule has 7 heteroatoms. The average Bonchev–Trinajstić information content (AvgIpc) is 3.16. The third kappa shape index (κ3) is 4.44. The highest BCUT2D eigenvalue weighted by Gasteiger charge is 2.31. The quantitative estimate of drug-likeness (QED) is 0.822. The number of hydrogen-bond donors (Lipinski definition) is 1. The molecule has 0 aliphatic carbocycles. The fourth-order valence-corrected chi connectivity index (χ4v) is 4.81. The van der Waals surface area contributed by atoms with Crippen molar-refractivity contribution in [1.29, 1.82) is 0 Å². The molecule has 1 heterocycles. The minimum Gasteiger partial charge on any atom is -0.341 e. The molecule has 0 radical (unpaired) electrons. The summed E-state index contributed by atoms with van der Waals surface area (Å²) in [5.41, 5.74) is 0.895. The van der Waals surface area contributed by atoms with Crippen LogP contribution in [-0.4, -0.2) is 38.4 Å². The highest BCUT2D eigenvalue weighted by Crippen LogP contribution is 2.21. The van der Waals surface area contributed by atoms with E-state index in [2.05, 4.69) is 4.72 Å². The number of carbonyl (C=O) groups excluding carboxylic acids is 1. The fraction of sp³-hybridized carbons (Fsp3) is 0.316. The average molecular weight is 393 g/mol. The lowest BCUT2D eigenvalue weighted by atomic mass is 10.1. The summed E-state index contributed by atoms with van der Waals surface area (Å²) >= 11 is 6.04. The Bertz CT molecular complexity index is 865. The number of rotatable bonds is 6. The molecule has 0 aromatic heterocycles. The van der Waals surface area contributed by atoms with Crippen LogP contribution >= 0.6 is 11.6 Å². The van der Waals surface area contributed by atoms with E-state index in [9.17, 15) is 13.2 Å². The van der Waals surface area contributed by atoms with E-state index in [4.69, 9.17) is 11.6 Å². The second-order valence-electron chi connectivity index (χ2n) is 6.33. The summed E-state index contributed by atoms with van der Waals surface area (Å²) in [5, 5.41) is 0.132. The first-order chi connectivity index (χ1) is 12.5. The van der Waals surface area contributed by atoms with Crippen molar-refractivity contribution in [2.45, 2.75) is 30.2 Å². The maximum atomic E-state index is 12.9. The molecule has 1 aliphatic rings. The lowest BCUT2D eigenvalue weighted by molar-refractivity contribution is -0.131. The molecule has 1 amide bonds. The molecular formula is C19H21ClN2O3S. The Hall–Kier alpha value is -1.89. The first-order valence-electron chi connectivity index (χ1n) is 8.57. The van der Waals surface area contributed by atoms with Gasteiger partial charge in [-0.05, 0) is 37.0 Å². The first-order valence-corrected chi connectivity index (χ1v) is 10.4. The molecule has 0 saturated carbocycles. The van der Waals surface area contributed by atoms with E-state index in [0.29, 0.717) is 19.5 Å². The standard InChI is InChI=1S/C19H21ClN2O3S/c20-16-10-4-5-11-18(16)26(24,25)21-17(14-15-8-2-1-3-9-15)19(23)22-12-6-7-13-22/h1-5,8-11,17,21H,6-7,12-14H2/t17-/m1/s1. The second kappa shape index (κ2) is 8.20. The van der Waals surface area contributed by atoms with Crippen LogP contribution in [0.3, 0.4) is 0 Å². The lowest BCUT2D eigenvalue weighted by Crippen LogP contribution is -2.48. The molecule has 138 valence electrons. The molecule has 1 N–H and O–H groups in total. The molecular weight excluding hydrogens is 372 g/mol. The molecule has 0 spiro atoms. The Morgan fingerprint density at radius 2 is 1.65 bits per heavy atom. The highest BCUT2D eigenvalue weighted by atomic mass is 35.5. The Kier molecular flexibility index (Phi) is 5.96. The largest absolute Gasteiger partial charge is 0.341 e. The van der Waals surface area contributed by atoms with Crippen molar-refractivity contribution in [3.63, 3.8) is 0 Å². The van der Waals surface area contributed by atoms with Crippen molar-refractivity contribution >= 4 is 27.5 Å². The Morgan fingerprint density at radius 3 is 2.31 bits per heavy atom. The van der Waals surface area contributed by atoms with Crippen LogP contribution in [0.4, 0.5) is 0 Å². The zero-order valence-electron chi connectivity index (χ0n) is 14.3. The normalized spacial score (nSPS) is 15.8. The maximum Gasteiger partial charge on any atom is 0.242 e. The Labute approximate surface area is 159 Å². The van der Waals surface area contributed by atoms with E-state index in [-0.39, 0.29) is 15.8 Å². The number of likely N-dealkylation sites (tertiary alicyclic amines) is 1. The minimum absolute atomic E-state index is 0.0195. The van der Waals surface area contributed by atoms with Crippen molar-refractivity contribution in [3.8, 4) is 0 Å². The van der Waals surface area contributed by atoms with E-state index in [1.807, 2.05) is 30.3 Å². The van der Waals surface area contributed by atoms with Crippen LogP contribution in [0.5, 0.6) is 0 Å². The van der Waals surface area contributed by atoms with Gasteiger partial charge >= 0.3 is 0 Å². The zero-order chi connectivity index (χ0) is 18.6. The molecule has 2 aromatic carbocycles. The second-order valence-corrected chi connectivity index (χ2v) is 8.42. The zero-order valence-corrected chi connectivity index (χ0v) is 15.8. The van der Waals surface area contributed by atoms with E-state index < -0.39 is 16.1 Å². The summed E-state index contributed by atoms with van der Waals surface area (Å²) in [5.74, 6) is -0.193.